The second-order valence-corrected chi connectivity index (χ2v) is 7.82. The number of hydrogen-bond acceptors (Lipinski definition) is 7. The van der Waals surface area contributed by atoms with Crippen molar-refractivity contribution in [1.82, 2.24) is 24.6 Å². The Morgan fingerprint density at radius 2 is 1.81 bits per heavy atom. The van der Waals surface area contributed by atoms with Crippen molar-refractivity contribution in [3.05, 3.63) is 21.6 Å². The molecule has 2 rings (SSSR count). The molecule has 11 heteroatoms. The molecule has 2 atom stereocenters. The number of fused-ring (bicyclic) bond motifs is 1. The molecule has 1 unspecified atom stereocenters. The summed E-state index contributed by atoms with van der Waals surface area (Å²) in [6.07, 6.45) is 11.4. The maximum atomic E-state index is 12.3. The molecule has 0 saturated heterocycles. The molecule has 0 radical (unpaired) electrons. The van der Waals surface area contributed by atoms with Gasteiger partial charge in [-0.15, -0.1) is 0 Å². The molecule has 0 bridgehead atoms. The summed E-state index contributed by atoms with van der Waals surface area (Å²) < 4.78 is 2.70. The molecule has 0 fully saturated rings. The Kier molecular flexibility index (Phi) is 10.1. The van der Waals surface area contributed by atoms with Crippen LogP contribution in [0.25, 0.3) is 11.2 Å². The van der Waals surface area contributed by atoms with Crippen molar-refractivity contribution in [2.24, 2.45) is 10.9 Å². The van der Waals surface area contributed by atoms with Crippen LogP contribution in [0.15, 0.2) is 16.3 Å². The molecule has 2 aromatic heterocycles. The summed E-state index contributed by atoms with van der Waals surface area (Å²) in [4.78, 5) is 52.4. The van der Waals surface area contributed by atoms with E-state index in [1.54, 1.807) is 0 Å². The lowest BCUT2D eigenvalue weighted by molar-refractivity contribution is -0.122. The lowest BCUT2D eigenvalue weighted by atomic mass is 10.1. The standard InChI is InChI=1S/C20H33N7O4/c1-15(25-31)16(21)19(29)22-11-9-7-5-3-2-4-6-8-10-12-26-20(30)17-18(24-13-23-17)27(26)14-28/h13-16H,2-12,21H2,1H3,(H,22,29)(H,23,24)/t15-,16?/m1/s1. The molecule has 0 spiro atoms. The average molecular weight is 436 g/mol. The third kappa shape index (κ3) is 6.84. The van der Waals surface area contributed by atoms with Gasteiger partial charge in [0.25, 0.3) is 5.56 Å². The van der Waals surface area contributed by atoms with Crippen LogP contribution in [-0.2, 0) is 16.1 Å². The zero-order chi connectivity index (χ0) is 22.6. The Hall–Kier alpha value is -2.82. The van der Waals surface area contributed by atoms with Crippen LogP contribution in [0.5, 0.6) is 0 Å². The van der Waals surface area contributed by atoms with E-state index < -0.39 is 12.1 Å². The van der Waals surface area contributed by atoms with Crippen LogP contribution in [0.2, 0.25) is 0 Å². The Labute approximate surface area is 180 Å². The van der Waals surface area contributed by atoms with Crippen LogP contribution < -0.4 is 16.6 Å². The van der Waals surface area contributed by atoms with Gasteiger partial charge in [0.1, 0.15) is 12.1 Å². The number of carbonyl (C=O) groups is 2. The Bertz CT molecular complexity index is 901. The first-order valence-electron chi connectivity index (χ1n) is 11.0. The van der Waals surface area contributed by atoms with Gasteiger partial charge in [0.2, 0.25) is 12.3 Å². The van der Waals surface area contributed by atoms with E-state index in [2.05, 4.69) is 20.5 Å². The Morgan fingerprint density at radius 1 is 1.19 bits per heavy atom. The van der Waals surface area contributed by atoms with Gasteiger partial charge < -0.3 is 16.0 Å². The van der Waals surface area contributed by atoms with Crippen molar-refractivity contribution in [2.75, 3.05) is 6.54 Å². The molecule has 0 aliphatic rings. The van der Waals surface area contributed by atoms with Gasteiger partial charge in [0.15, 0.2) is 11.2 Å². The van der Waals surface area contributed by atoms with Crippen molar-refractivity contribution < 1.29 is 9.59 Å². The molecule has 0 saturated carbocycles. The highest BCUT2D eigenvalue weighted by molar-refractivity contribution is 5.82. The van der Waals surface area contributed by atoms with E-state index in [0.29, 0.717) is 30.7 Å². The summed E-state index contributed by atoms with van der Waals surface area (Å²) >= 11 is 0. The number of imidazole rings is 1. The van der Waals surface area contributed by atoms with Crippen LogP contribution in [0, 0.1) is 4.91 Å². The number of rotatable bonds is 16. The number of aromatic amines is 1. The highest BCUT2D eigenvalue weighted by Gasteiger charge is 2.20. The summed E-state index contributed by atoms with van der Waals surface area (Å²) in [6.45, 7) is 2.58. The lowest BCUT2D eigenvalue weighted by Gasteiger charge is -2.13. The highest BCUT2D eigenvalue weighted by Crippen LogP contribution is 2.11. The molecule has 4 N–H and O–H groups in total. The van der Waals surface area contributed by atoms with E-state index in [0.717, 1.165) is 57.8 Å². The van der Waals surface area contributed by atoms with E-state index in [4.69, 9.17) is 5.73 Å². The molecule has 2 aromatic rings. The van der Waals surface area contributed by atoms with Crippen LogP contribution >= 0.6 is 0 Å². The van der Waals surface area contributed by atoms with Crippen molar-refractivity contribution in [3.8, 4) is 0 Å². The van der Waals surface area contributed by atoms with Gasteiger partial charge in [0, 0.05) is 13.1 Å². The minimum absolute atomic E-state index is 0.215. The SMILES string of the molecule is C[C@@H](N=O)C(N)C(=O)NCCCCCCCCCCCn1c(=O)c2[nH]cnc2n1C=O. The second kappa shape index (κ2) is 12.8. The molecular formula is C20H33N7O4. The first-order valence-corrected chi connectivity index (χ1v) is 11.0. The van der Waals surface area contributed by atoms with E-state index in [-0.39, 0.29) is 11.5 Å². The van der Waals surface area contributed by atoms with Gasteiger partial charge in [0.05, 0.1) is 6.33 Å². The first-order chi connectivity index (χ1) is 15.0. The molecule has 172 valence electrons. The average Bonchev–Trinajstić information content (AvgIpc) is 3.35. The molecule has 2 heterocycles. The molecule has 11 nitrogen and oxygen atoms in total. The van der Waals surface area contributed by atoms with Crippen molar-refractivity contribution >= 4 is 23.5 Å². The summed E-state index contributed by atoms with van der Waals surface area (Å²) in [5.41, 5.74) is 6.14. The monoisotopic (exact) mass is 435 g/mol. The van der Waals surface area contributed by atoms with Crippen molar-refractivity contribution in [2.45, 2.75) is 83.3 Å². The van der Waals surface area contributed by atoms with Crippen LogP contribution in [-0.4, -0.2) is 50.3 Å². The number of unbranched alkanes of at least 4 members (excludes halogenated alkanes) is 8. The first kappa shape index (κ1) is 24.4. The Morgan fingerprint density at radius 3 is 2.42 bits per heavy atom. The summed E-state index contributed by atoms with van der Waals surface area (Å²) in [6, 6.07) is -1.60. The van der Waals surface area contributed by atoms with Crippen LogP contribution in [0.3, 0.4) is 0 Å². The number of nitrogens with two attached hydrogens (primary N) is 1. The predicted octanol–water partition coefficient (Wildman–Crippen LogP) is 1.67. The van der Waals surface area contributed by atoms with E-state index >= 15 is 0 Å². The van der Waals surface area contributed by atoms with Crippen LogP contribution in [0.4, 0.5) is 0 Å². The Balaban J connectivity index is 1.48. The number of aromatic nitrogens is 4. The maximum absolute atomic E-state index is 12.3. The predicted molar refractivity (Wildman–Crippen MR) is 118 cm³/mol. The summed E-state index contributed by atoms with van der Waals surface area (Å²) in [5.74, 6) is -0.330. The van der Waals surface area contributed by atoms with Gasteiger partial charge in [-0.1, -0.05) is 50.1 Å². The number of H-pyrrole nitrogens is 1. The largest absolute Gasteiger partial charge is 0.355 e. The molecular weight excluding hydrogens is 402 g/mol. The minimum Gasteiger partial charge on any atom is -0.355 e. The highest BCUT2D eigenvalue weighted by atomic mass is 16.3. The number of nitrogens with zero attached hydrogens (tertiary/aromatic N) is 4. The quantitative estimate of drug-likeness (QED) is 0.207. The smallest absolute Gasteiger partial charge is 0.293 e. The van der Waals surface area contributed by atoms with Gasteiger partial charge in [-0.2, -0.15) is 9.59 Å². The van der Waals surface area contributed by atoms with Crippen molar-refractivity contribution in [1.29, 1.82) is 0 Å². The third-order valence-corrected chi connectivity index (χ3v) is 5.48. The second-order valence-electron chi connectivity index (χ2n) is 7.82. The lowest BCUT2D eigenvalue weighted by Crippen LogP contribution is -2.46. The number of amides is 1. The molecule has 31 heavy (non-hydrogen) atoms. The third-order valence-electron chi connectivity index (χ3n) is 5.48. The molecule has 0 aromatic carbocycles. The molecule has 1 amide bonds. The van der Waals surface area contributed by atoms with Gasteiger partial charge in [-0.25, -0.2) is 9.67 Å². The number of carbonyl (C=O) groups excluding carboxylic acids is 2. The topological polar surface area (TPSA) is 157 Å². The van der Waals surface area contributed by atoms with Crippen molar-refractivity contribution in [3.63, 3.8) is 0 Å². The fourth-order valence-electron chi connectivity index (χ4n) is 3.51. The molecule has 0 aliphatic carbocycles. The fourth-order valence-corrected chi connectivity index (χ4v) is 3.51. The zero-order valence-electron chi connectivity index (χ0n) is 18.1. The van der Waals surface area contributed by atoms with E-state index in [1.165, 1.54) is 22.6 Å². The van der Waals surface area contributed by atoms with Gasteiger partial charge in [-0.3, -0.25) is 14.4 Å². The van der Waals surface area contributed by atoms with E-state index in [1.807, 2.05) is 0 Å². The summed E-state index contributed by atoms with van der Waals surface area (Å²) in [5, 5.41) is 5.52. The number of nitroso groups, excluding NO2 is 1. The normalized spacial score (nSPS) is 13.2. The van der Waals surface area contributed by atoms with Gasteiger partial charge >= 0.3 is 0 Å². The zero-order valence-corrected chi connectivity index (χ0v) is 18.1. The number of hydrogen-bond donors (Lipinski definition) is 3. The fraction of sp³-hybridized carbons (Fsp3) is 0.700. The van der Waals surface area contributed by atoms with Gasteiger partial charge in [-0.05, 0) is 19.8 Å². The number of nitrogens with one attached hydrogen (secondary N) is 2. The maximum Gasteiger partial charge on any atom is 0.293 e. The summed E-state index contributed by atoms with van der Waals surface area (Å²) in [7, 11) is 0. The van der Waals surface area contributed by atoms with Crippen LogP contribution in [0.1, 0.15) is 64.7 Å². The minimum atomic E-state index is -0.884. The van der Waals surface area contributed by atoms with E-state index in [9.17, 15) is 19.3 Å². The molecule has 0 aliphatic heterocycles.